The molecule has 1 N–H and O–H groups in total. The molecule has 0 unspecified atom stereocenters. The molecule has 0 bridgehead atoms. The van der Waals surface area contributed by atoms with Gasteiger partial charge in [-0.2, -0.15) is 0 Å². The van der Waals surface area contributed by atoms with Crippen molar-refractivity contribution >= 4 is 5.71 Å². The van der Waals surface area contributed by atoms with Gasteiger partial charge in [0.05, 0.1) is 5.71 Å². The Morgan fingerprint density at radius 2 is 2.00 bits per heavy atom. The van der Waals surface area contributed by atoms with Crippen molar-refractivity contribution in [3.63, 3.8) is 0 Å². The molecule has 0 aromatic rings. The minimum Gasteiger partial charge on any atom is -0.411 e. The molecule has 1 fully saturated rings. The highest BCUT2D eigenvalue weighted by atomic mass is 16.4. The molecule has 8 heavy (non-hydrogen) atoms. The molecule has 1 radical (unpaired) electrons. The van der Waals surface area contributed by atoms with E-state index in [-0.39, 0.29) is 0 Å². The van der Waals surface area contributed by atoms with Crippen LogP contribution in [0.5, 0.6) is 0 Å². The minimum absolute atomic E-state index is 0.951. The lowest BCUT2D eigenvalue weighted by molar-refractivity contribution is 0.315. The summed E-state index contributed by atoms with van der Waals surface area (Å²) in [5, 5.41) is 11.4. The largest absolute Gasteiger partial charge is 0.411 e. The van der Waals surface area contributed by atoms with Gasteiger partial charge in [0, 0.05) is 0 Å². The topological polar surface area (TPSA) is 32.6 Å². The lowest BCUT2D eigenvalue weighted by Crippen LogP contribution is -2.04. The highest BCUT2D eigenvalue weighted by Gasteiger charge is 2.05. The Hall–Kier alpha value is -0.530. The van der Waals surface area contributed by atoms with Crippen molar-refractivity contribution in [2.24, 2.45) is 5.16 Å². The maximum Gasteiger partial charge on any atom is 0.0571 e. The van der Waals surface area contributed by atoms with Crippen LogP contribution in [0.25, 0.3) is 0 Å². The zero-order valence-electron chi connectivity index (χ0n) is 4.80. The maximum absolute atomic E-state index is 8.27. The number of nitrogens with zero attached hydrogens (tertiary/aromatic N) is 1. The molecular weight excluding hydrogens is 102 g/mol. The molecule has 0 spiro atoms. The van der Waals surface area contributed by atoms with Crippen LogP contribution in [0, 0.1) is 6.42 Å². The first kappa shape index (κ1) is 5.60. The van der Waals surface area contributed by atoms with E-state index >= 15 is 0 Å². The molecule has 1 saturated carbocycles. The highest BCUT2D eigenvalue weighted by Crippen LogP contribution is 2.12. The molecule has 45 valence electrons. The third-order valence-electron chi connectivity index (χ3n) is 1.42. The predicted molar refractivity (Wildman–Crippen MR) is 32.0 cm³/mol. The second-order valence-corrected chi connectivity index (χ2v) is 2.03. The fourth-order valence-corrected chi connectivity index (χ4v) is 0.907. The molecule has 1 aliphatic carbocycles. The van der Waals surface area contributed by atoms with Gasteiger partial charge in [0.2, 0.25) is 0 Å². The Bertz CT molecular complexity index is 90.7. The predicted octanol–water partition coefficient (Wildman–Crippen LogP) is 1.59. The molecular formula is C6H10NO. The van der Waals surface area contributed by atoms with Gasteiger partial charge in [-0.15, -0.1) is 0 Å². The maximum atomic E-state index is 8.27. The van der Waals surface area contributed by atoms with Crippen LogP contribution in [-0.2, 0) is 0 Å². The van der Waals surface area contributed by atoms with E-state index in [0.29, 0.717) is 0 Å². The lowest BCUT2D eigenvalue weighted by atomic mass is 9.99. The Kier molecular flexibility index (Phi) is 1.89. The van der Waals surface area contributed by atoms with E-state index in [1.54, 1.807) is 0 Å². The van der Waals surface area contributed by atoms with Gasteiger partial charge >= 0.3 is 0 Å². The van der Waals surface area contributed by atoms with Gasteiger partial charge in [-0.1, -0.05) is 5.16 Å². The molecule has 1 rings (SSSR count). The number of hydrogen-bond acceptors (Lipinski definition) is 2. The summed E-state index contributed by atoms with van der Waals surface area (Å²) < 4.78 is 0. The van der Waals surface area contributed by atoms with E-state index in [1.165, 1.54) is 0 Å². The van der Waals surface area contributed by atoms with Crippen LogP contribution in [-0.4, -0.2) is 10.9 Å². The van der Waals surface area contributed by atoms with Gasteiger partial charge in [-0.3, -0.25) is 0 Å². The first-order valence-corrected chi connectivity index (χ1v) is 2.95. The number of rotatable bonds is 0. The van der Waals surface area contributed by atoms with E-state index < -0.39 is 0 Å². The summed E-state index contributed by atoms with van der Waals surface area (Å²) in [6.07, 6.45) is 6.31. The Morgan fingerprint density at radius 1 is 1.38 bits per heavy atom. The molecule has 1 aliphatic rings. The van der Waals surface area contributed by atoms with Gasteiger partial charge in [-0.05, 0) is 32.1 Å². The normalized spacial score (nSPS) is 20.8. The molecule has 2 nitrogen and oxygen atoms in total. The standard InChI is InChI=1S/C6H10NO/c8-7-6-4-2-1-3-5-6/h1,8H,2-5H2. The molecule has 0 heterocycles. The van der Waals surface area contributed by atoms with Gasteiger partial charge in [0.15, 0.2) is 0 Å². The lowest BCUT2D eigenvalue weighted by Gasteiger charge is -2.08. The van der Waals surface area contributed by atoms with Crippen LogP contribution in [0.2, 0.25) is 0 Å². The first-order valence-electron chi connectivity index (χ1n) is 2.95. The van der Waals surface area contributed by atoms with E-state index in [0.717, 1.165) is 31.4 Å². The summed E-state index contributed by atoms with van der Waals surface area (Å²) in [5.41, 5.74) is 0.951. The van der Waals surface area contributed by atoms with Gasteiger partial charge < -0.3 is 5.21 Å². The van der Waals surface area contributed by atoms with Crippen LogP contribution in [0.3, 0.4) is 0 Å². The molecule has 0 aromatic carbocycles. The Balaban J connectivity index is 2.33. The second kappa shape index (κ2) is 2.70. The summed E-state index contributed by atoms with van der Waals surface area (Å²) in [6.45, 7) is 0. The van der Waals surface area contributed by atoms with Crippen molar-refractivity contribution in [1.82, 2.24) is 0 Å². The molecule has 0 amide bonds. The monoisotopic (exact) mass is 112 g/mol. The molecule has 0 saturated heterocycles. The Morgan fingerprint density at radius 3 is 2.38 bits per heavy atom. The Labute approximate surface area is 49.2 Å². The van der Waals surface area contributed by atoms with E-state index in [1.807, 2.05) is 0 Å². The van der Waals surface area contributed by atoms with Crippen LogP contribution in [0.4, 0.5) is 0 Å². The average Bonchev–Trinajstić information content (AvgIpc) is 1.90. The number of oxime groups is 1. The first-order chi connectivity index (χ1) is 3.93. The van der Waals surface area contributed by atoms with Gasteiger partial charge in [-0.25, -0.2) is 0 Å². The van der Waals surface area contributed by atoms with Crippen LogP contribution < -0.4 is 0 Å². The quantitative estimate of drug-likeness (QED) is 0.374. The van der Waals surface area contributed by atoms with Crippen molar-refractivity contribution in [1.29, 1.82) is 0 Å². The van der Waals surface area contributed by atoms with Gasteiger partial charge in [0.25, 0.3) is 0 Å². The highest BCUT2D eigenvalue weighted by molar-refractivity contribution is 5.84. The third kappa shape index (κ3) is 1.22. The van der Waals surface area contributed by atoms with Crippen molar-refractivity contribution in [2.75, 3.05) is 0 Å². The van der Waals surface area contributed by atoms with Crippen LogP contribution >= 0.6 is 0 Å². The summed E-state index contributed by atoms with van der Waals surface area (Å²) >= 11 is 0. The zero-order valence-corrected chi connectivity index (χ0v) is 4.80. The van der Waals surface area contributed by atoms with Crippen LogP contribution in [0.1, 0.15) is 25.7 Å². The van der Waals surface area contributed by atoms with E-state index in [4.69, 9.17) is 5.21 Å². The molecule has 0 atom stereocenters. The van der Waals surface area contributed by atoms with Gasteiger partial charge in [0.1, 0.15) is 0 Å². The fourth-order valence-electron chi connectivity index (χ4n) is 0.907. The van der Waals surface area contributed by atoms with Crippen molar-refractivity contribution in [3.8, 4) is 0 Å². The number of hydrogen-bond donors (Lipinski definition) is 1. The average molecular weight is 112 g/mol. The second-order valence-electron chi connectivity index (χ2n) is 2.03. The minimum atomic E-state index is 0.951. The SMILES string of the molecule is ON=C1CC[CH]CC1. The van der Waals surface area contributed by atoms with E-state index in [2.05, 4.69) is 11.6 Å². The summed E-state index contributed by atoms with van der Waals surface area (Å²) in [4.78, 5) is 0. The fraction of sp³-hybridized carbons (Fsp3) is 0.667. The smallest absolute Gasteiger partial charge is 0.0571 e. The van der Waals surface area contributed by atoms with Crippen molar-refractivity contribution in [3.05, 3.63) is 6.42 Å². The zero-order chi connectivity index (χ0) is 5.82. The summed E-state index contributed by atoms with van der Waals surface area (Å²) in [6, 6.07) is 0. The van der Waals surface area contributed by atoms with Crippen molar-refractivity contribution < 1.29 is 5.21 Å². The molecule has 0 aliphatic heterocycles. The molecule has 2 heteroatoms. The summed E-state index contributed by atoms with van der Waals surface area (Å²) in [5.74, 6) is 0. The summed E-state index contributed by atoms with van der Waals surface area (Å²) in [7, 11) is 0. The van der Waals surface area contributed by atoms with E-state index in [9.17, 15) is 0 Å². The third-order valence-corrected chi connectivity index (χ3v) is 1.42. The van der Waals surface area contributed by atoms with Crippen molar-refractivity contribution in [2.45, 2.75) is 25.7 Å². The van der Waals surface area contributed by atoms with Crippen LogP contribution in [0.15, 0.2) is 5.16 Å². The molecule has 0 aromatic heterocycles.